The summed E-state index contributed by atoms with van der Waals surface area (Å²) >= 11 is 0. The maximum atomic E-state index is 13.0. The van der Waals surface area contributed by atoms with E-state index in [-0.39, 0.29) is 17.0 Å². The number of aromatic amines is 1. The van der Waals surface area contributed by atoms with E-state index in [1.165, 1.54) is 12.0 Å². The van der Waals surface area contributed by atoms with Crippen molar-refractivity contribution in [3.05, 3.63) is 58.2 Å². The largest absolute Gasteiger partial charge is 0.507 e. The number of aliphatic hydroxyl groups excluding tert-OH is 1. The van der Waals surface area contributed by atoms with Crippen LogP contribution in [0.1, 0.15) is 38.9 Å². The van der Waals surface area contributed by atoms with Gasteiger partial charge in [0.25, 0.3) is 11.7 Å². The monoisotopic (exact) mass is 426 g/mol. The maximum Gasteiger partial charge on any atom is 0.354 e. The van der Waals surface area contributed by atoms with Crippen LogP contribution >= 0.6 is 0 Å². The van der Waals surface area contributed by atoms with E-state index in [9.17, 15) is 19.5 Å². The van der Waals surface area contributed by atoms with Crippen LogP contribution in [0.15, 0.2) is 30.1 Å². The molecular formula is C22H26N4O5. The van der Waals surface area contributed by atoms with E-state index in [2.05, 4.69) is 9.97 Å². The molecule has 1 amide bonds. The third kappa shape index (κ3) is 3.96. The van der Waals surface area contributed by atoms with Crippen molar-refractivity contribution in [1.82, 2.24) is 19.8 Å². The number of hydrogen-bond donors (Lipinski definition) is 2. The Kier molecular flexibility index (Phi) is 6.26. The fraction of sp³-hybridized carbons (Fsp3) is 0.364. The predicted octanol–water partition coefficient (Wildman–Crippen LogP) is 1.80. The van der Waals surface area contributed by atoms with Crippen LogP contribution in [0.5, 0.6) is 0 Å². The second-order valence-corrected chi connectivity index (χ2v) is 7.69. The first-order valence-electron chi connectivity index (χ1n) is 9.79. The number of nitrogens with zero attached hydrogens (tertiary/aromatic N) is 3. The number of ether oxygens (including phenoxy) is 1. The first-order chi connectivity index (χ1) is 14.7. The molecule has 164 valence electrons. The lowest BCUT2D eigenvalue weighted by Crippen LogP contribution is -2.35. The Morgan fingerprint density at radius 2 is 1.90 bits per heavy atom. The van der Waals surface area contributed by atoms with Gasteiger partial charge in [0.1, 0.15) is 11.5 Å². The van der Waals surface area contributed by atoms with Crippen molar-refractivity contribution >= 4 is 23.4 Å². The van der Waals surface area contributed by atoms with Crippen LogP contribution in [0.4, 0.5) is 0 Å². The molecule has 1 saturated heterocycles. The van der Waals surface area contributed by atoms with E-state index < -0.39 is 23.7 Å². The summed E-state index contributed by atoms with van der Waals surface area (Å²) in [5.74, 6) is -2.35. The van der Waals surface area contributed by atoms with Gasteiger partial charge in [0.05, 0.1) is 18.7 Å². The lowest BCUT2D eigenvalue weighted by atomic mass is 9.94. The molecule has 2 aromatic rings. The molecule has 0 aliphatic carbocycles. The number of methoxy groups -OCH3 is 1. The second kappa shape index (κ2) is 8.73. The zero-order chi connectivity index (χ0) is 22.9. The highest BCUT2D eigenvalue weighted by molar-refractivity contribution is 6.46. The SMILES string of the molecule is COC(=O)c1[nH]c(C)c(C(O)=C2C(=O)C(=O)N(CCN(C)C)C2c2ccncc2)c1C. The Morgan fingerprint density at radius 1 is 1.26 bits per heavy atom. The molecule has 1 fully saturated rings. The van der Waals surface area contributed by atoms with E-state index in [1.54, 1.807) is 38.4 Å². The van der Waals surface area contributed by atoms with Gasteiger partial charge in [-0.1, -0.05) is 0 Å². The minimum Gasteiger partial charge on any atom is -0.507 e. The number of rotatable bonds is 6. The Balaban J connectivity index is 2.20. The molecule has 9 heteroatoms. The van der Waals surface area contributed by atoms with Crippen molar-refractivity contribution in [3.63, 3.8) is 0 Å². The summed E-state index contributed by atoms with van der Waals surface area (Å²) in [5.41, 5.74) is 2.07. The van der Waals surface area contributed by atoms with Gasteiger partial charge in [-0.2, -0.15) is 0 Å². The van der Waals surface area contributed by atoms with Gasteiger partial charge in [-0.05, 0) is 51.2 Å². The number of aromatic nitrogens is 2. The van der Waals surface area contributed by atoms with Gasteiger partial charge in [0.2, 0.25) is 0 Å². The van der Waals surface area contributed by atoms with Crippen LogP contribution in [-0.2, 0) is 14.3 Å². The molecule has 1 unspecified atom stereocenters. The maximum absolute atomic E-state index is 13.0. The number of nitrogens with one attached hydrogen (secondary N) is 1. The molecule has 31 heavy (non-hydrogen) atoms. The summed E-state index contributed by atoms with van der Waals surface area (Å²) in [4.78, 5) is 48.3. The molecular weight excluding hydrogens is 400 g/mol. The third-order valence-electron chi connectivity index (χ3n) is 5.41. The molecule has 1 atom stereocenters. The Bertz CT molecular complexity index is 1060. The average molecular weight is 426 g/mol. The molecule has 3 heterocycles. The molecule has 0 spiro atoms. The highest BCUT2D eigenvalue weighted by atomic mass is 16.5. The quantitative estimate of drug-likeness (QED) is 0.313. The number of carbonyl (C=O) groups is 3. The van der Waals surface area contributed by atoms with Crippen molar-refractivity contribution in [2.75, 3.05) is 34.3 Å². The van der Waals surface area contributed by atoms with E-state index in [0.717, 1.165) is 0 Å². The Morgan fingerprint density at radius 3 is 2.48 bits per heavy atom. The van der Waals surface area contributed by atoms with Gasteiger partial charge in [0, 0.05) is 36.7 Å². The number of likely N-dealkylation sites (N-methyl/N-ethyl adjacent to an activating group) is 1. The van der Waals surface area contributed by atoms with Crippen molar-refractivity contribution in [3.8, 4) is 0 Å². The van der Waals surface area contributed by atoms with Crippen LogP contribution in [0.2, 0.25) is 0 Å². The zero-order valence-corrected chi connectivity index (χ0v) is 18.2. The molecule has 2 aromatic heterocycles. The summed E-state index contributed by atoms with van der Waals surface area (Å²) in [6.07, 6.45) is 3.15. The number of H-pyrrole nitrogens is 1. The number of hydrogen-bond acceptors (Lipinski definition) is 7. The van der Waals surface area contributed by atoms with Gasteiger partial charge < -0.3 is 24.6 Å². The normalized spacial score (nSPS) is 18.1. The lowest BCUT2D eigenvalue weighted by molar-refractivity contribution is -0.140. The van der Waals surface area contributed by atoms with Crippen LogP contribution in [0.3, 0.4) is 0 Å². The molecule has 2 N–H and O–H groups in total. The van der Waals surface area contributed by atoms with Gasteiger partial charge >= 0.3 is 5.97 Å². The minimum atomic E-state index is -0.766. The van der Waals surface area contributed by atoms with E-state index in [0.29, 0.717) is 35.5 Å². The number of carbonyl (C=O) groups excluding carboxylic acids is 3. The Labute approximate surface area is 180 Å². The molecule has 0 bridgehead atoms. The zero-order valence-electron chi connectivity index (χ0n) is 18.2. The second-order valence-electron chi connectivity index (χ2n) is 7.69. The molecule has 0 saturated carbocycles. The number of aliphatic hydroxyl groups is 1. The number of amides is 1. The smallest absolute Gasteiger partial charge is 0.354 e. The van der Waals surface area contributed by atoms with Crippen LogP contribution in [-0.4, -0.2) is 76.8 Å². The number of ketones is 1. The number of pyridine rings is 1. The first-order valence-corrected chi connectivity index (χ1v) is 9.79. The average Bonchev–Trinajstić information content (AvgIpc) is 3.18. The molecule has 0 radical (unpaired) electrons. The van der Waals surface area contributed by atoms with Crippen LogP contribution < -0.4 is 0 Å². The number of esters is 1. The van der Waals surface area contributed by atoms with Crippen molar-refractivity contribution < 1.29 is 24.2 Å². The Hall–Kier alpha value is -3.46. The summed E-state index contributed by atoms with van der Waals surface area (Å²) in [6.45, 7) is 4.18. The van der Waals surface area contributed by atoms with Gasteiger partial charge in [0.15, 0.2) is 0 Å². The molecule has 3 rings (SSSR count). The highest BCUT2D eigenvalue weighted by Crippen LogP contribution is 2.40. The van der Waals surface area contributed by atoms with Crippen molar-refractivity contribution in [2.24, 2.45) is 0 Å². The number of likely N-dealkylation sites (tertiary alicyclic amines) is 1. The fourth-order valence-corrected chi connectivity index (χ4v) is 3.86. The molecule has 9 nitrogen and oxygen atoms in total. The summed E-state index contributed by atoms with van der Waals surface area (Å²) in [7, 11) is 5.01. The lowest BCUT2D eigenvalue weighted by Gasteiger charge is -2.26. The highest BCUT2D eigenvalue weighted by Gasteiger charge is 2.46. The van der Waals surface area contributed by atoms with Gasteiger partial charge in [-0.25, -0.2) is 4.79 Å². The fourth-order valence-electron chi connectivity index (χ4n) is 3.86. The first kappa shape index (κ1) is 22.2. The van der Waals surface area contributed by atoms with Crippen LogP contribution in [0, 0.1) is 13.8 Å². The van der Waals surface area contributed by atoms with E-state index >= 15 is 0 Å². The van der Waals surface area contributed by atoms with E-state index in [4.69, 9.17) is 4.74 Å². The van der Waals surface area contributed by atoms with Crippen molar-refractivity contribution in [1.29, 1.82) is 0 Å². The van der Waals surface area contributed by atoms with E-state index in [1.807, 2.05) is 19.0 Å². The molecule has 1 aliphatic rings. The number of Topliss-reactive ketones (excluding diaryl/α,β-unsaturated/α-hetero) is 1. The summed E-state index contributed by atoms with van der Waals surface area (Å²) in [5, 5.41) is 11.2. The predicted molar refractivity (Wildman–Crippen MR) is 113 cm³/mol. The summed E-state index contributed by atoms with van der Waals surface area (Å²) in [6, 6.07) is 2.66. The van der Waals surface area contributed by atoms with Gasteiger partial charge in [-0.15, -0.1) is 0 Å². The number of aryl methyl sites for hydroxylation is 1. The van der Waals surface area contributed by atoms with Crippen LogP contribution in [0.25, 0.3) is 5.76 Å². The van der Waals surface area contributed by atoms with Crippen molar-refractivity contribution in [2.45, 2.75) is 19.9 Å². The summed E-state index contributed by atoms with van der Waals surface area (Å²) < 4.78 is 4.78. The standard InChI is InChI=1S/C22H26N4O5/c1-12-15(13(2)24-17(12)22(30)31-5)19(27)16-18(14-6-8-23-9-7-14)26(11-10-25(3)4)21(29)20(16)28/h6-9,18,24,27H,10-11H2,1-5H3. The molecule has 0 aromatic carbocycles. The minimum absolute atomic E-state index is 0.0171. The molecule has 1 aliphatic heterocycles. The topological polar surface area (TPSA) is 116 Å². The van der Waals surface area contributed by atoms with Gasteiger partial charge in [-0.3, -0.25) is 14.6 Å². The third-order valence-corrected chi connectivity index (χ3v) is 5.41.